The van der Waals surface area contributed by atoms with Crippen molar-refractivity contribution in [1.82, 2.24) is 20.4 Å². The third-order valence-electron chi connectivity index (χ3n) is 2.92. The normalized spacial score (nSPS) is 12.6. The second kappa shape index (κ2) is 7.43. The Labute approximate surface area is 120 Å². The van der Waals surface area contributed by atoms with Crippen LogP contribution in [0.4, 0.5) is 0 Å². The maximum Gasteiger partial charge on any atom is 0.191 e. The number of nitrogens with zero attached hydrogens (tertiary/aromatic N) is 3. The van der Waals surface area contributed by atoms with Gasteiger partial charge >= 0.3 is 0 Å². The van der Waals surface area contributed by atoms with Gasteiger partial charge in [-0.05, 0) is 32.1 Å². The Morgan fingerprint density at radius 2 is 2.21 bits per heavy atom. The van der Waals surface area contributed by atoms with Crippen LogP contribution in [-0.2, 0) is 13.5 Å². The Morgan fingerprint density at radius 3 is 2.74 bits per heavy atom. The molecule has 5 nitrogen and oxygen atoms in total. The van der Waals surface area contributed by atoms with Crippen molar-refractivity contribution in [3.05, 3.63) is 18.0 Å². The summed E-state index contributed by atoms with van der Waals surface area (Å²) in [4.78, 5) is 4.23. The smallest absolute Gasteiger partial charge is 0.191 e. The summed E-state index contributed by atoms with van der Waals surface area (Å²) in [6, 6.07) is 0. The van der Waals surface area contributed by atoms with Gasteiger partial charge in [-0.25, -0.2) is 0 Å². The molecule has 0 radical (unpaired) electrons. The highest BCUT2D eigenvalue weighted by Gasteiger charge is 2.15. The fourth-order valence-electron chi connectivity index (χ4n) is 1.52. The lowest BCUT2D eigenvalue weighted by Crippen LogP contribution is -2.43. The van der Waals surface area contributed by atoms with E-state index in [0.717, 1.165) is 25.5 Å². The minimum absolute atomic E-state index is 0.209. The molecule has 108 valence electrons. The molecular weight excluding hydrogens is 258 g/mol. The number of hydrogen-bond acceptors (Lipinski definition) is 3. The van der Waals surface area contributed by atoms with Gasteiger partial charge in [-0.3, -0.25) is 9.67 Å². The minimum Gasteiger partial charge on any atom is -0.356 e. The molecule has 0 aliphatic carbocycles. The van der Waals surface area contributed by atoms with E-state index in [1.54, 1.807) is 7.05 Å². The van der Waals surface area contributed by atoms with Gasteiger partial charge in [-0.2, -0.15) is 16.9 Å². The van der Waals surface area contributed by atoms with Gasteiger partial charge < -0.3 is 10.6 Å². The average Bonchev–Trinajstić information content (AvgIpc) is 2.79. The quantitative estimate of drug-likeness (QED) is 0.610. The van der Waals surface area contributed by atoms with Crippen LogP contribution >= 0.6 is 11.8 Å². The van der Waals surface area contributed by atoms with Crippen molar-refractivity contribution >= 4 is 17.7 Å². The topological polar surface area (TPSA) is 54.2 Å². The molecule has 0 spiro atoms. The van der Waals surface area contributed by atoms with Crippen LogP contribution < -0.4 is 10.6 Å². The van der Waals surface area contributed by atoms with E-state index < -0.39 is 0 Å². The van der Waals surface area contributed by atoms with Gasteiger partial charge in [-0.1, -0.05) is 0 Å². The third-order valence-corrected chi connectivity index (χ3v) is 4.17. The van der Waals surface area contributed by atoms with Gasteiger partial charge in [0, 0.05) is 38.1 Å². The van der Waals surface area contributed by atoms with E-state index in [-0.39, 0.29) is 4.75 Å². The molecule has 0 saturated carbocycles. The number of guanidine groups is 1. The minimum atomic E-state index is 0.209. The molecule has 0 atom stereocenters. The Morgan fingerprint density at radius 1 is 1.47 bits per heavy atom. The Hall–Kier alpha value is -1.17. The first-order valence-electron chi connectivity index (χ1n) is 6.44. The molecule has 0 amide bonds. The number of aliphatic imine (C=N–C) groups is 1. The van der Waals surface area contributed by atoms with Crippen LogP contribution in [-0.4, -0.2) is 46.9 Å². The Balaban J connectivity index is 2.30. The molecule has 0 saturated heterocycles. The van der Waals surface area contributed by atoms with Gasteiger partial charge in [0.25, 0.3) is 0 Å². The van der Waals surface area contributed by atoms with Gasteiger partial charge in [0.1, 0.15) is 0 Å². The van der Waals surface area contributed by atoms with E-state index in [9.17, 15) is 0 Å². The molecule has 1 heterocycles. The van der Waals surface area contributed by atoms with E-state index in [4.69, 9.17) is 0 Å². The average molecular weight is 283 g/mol. The highest BCUT2D eigenvalue weighted by atomic mass is 32.2. The van der Waals surface area contributed by atoms with Crippen molar-refractivity contribution in [2.75, 3.05) is 26.4 Å². The summed E-state index contributed by atoms with van der Waals surface area (Å²) in [5, 5.41) is 10.8. The molecular formula is C13H25N5S. The first-order chi connectivity index (χ1) is 8.96. The number of hydrogen-bond donors (Lipinski definition) is 2. The maximum atomic E-state index is 4.23. The van der Waals surface area contributed by atoms with Crippen molar-refractivity contribution in [3.63, 3.8) is 0 Å². The monoisotopic (exact) mass is 283 g/mol. The first-order valence-corrected chi connectivity index (χ1v) is 7.66. The van der Waals surface area contributed by atoms with E-state index in [0.29, 0.717) is 0 Å². The van der Waals surface area contributed by atoms with Crippen LogP contribution in [0.3, 0.4) is 0 Å². The Bertz CT molecular complexity index is 411. The fourth-order valence-corrected chi connectivity index (χ4v) is 1.73. The predicted octanol–water partition coefficient (Wildman–Crippen LogP) is 1.27. The van der Waals surface area contributed by atoms with Gasteiger partial charge in [-0.15, -0.1) is 0 Å². The molecule has 19 heavy (non-hydrogen) atoms. The molecule has 0 aromatic carbocycles. The number of aryl methyl sites for hydroxylation is 1. The molecule has 0 aliphatic heterocycles. The van der Waals surface area contributed by atoms with E-state index in [1.807, 2.05) is 35.9 Å². The van der Waals surface area contributed by atoms with Crippen LogP contribution in [0.2, 0.25) is 0 Å². The molecule has 6 heteroatoms. The fraction of sp³-hybridized carbons (Fsp3) is 0.692. The summed E-state index contributed by atoms with van der Waals surface area (Å²) in [5.74, 6) is 0.853. The summed E-state index contributed by atoms with van der Waals surface area (Å²) >= 11 is 1.85. The third kappa shape index (κ3) is 6.00. The van der Waals surface area contributed by atoms with Crippen molar-refractivity contribution in [3.8, 4) is 0 Å². The largest absolute Gasteiger partial charge is 0.356 e. The zero-order chi connectivity index (χ0) is 14.3. The zero-order valence-corrected chi connectivity index (χ0v) is 13.3. The molecule has 1 aromatic rings. The number of rotatable bonds is 6. The maximum absolute atomic E-state index is 4.23. The summed E-state index contributed by atoms with van der Waals surface area (Å²) in [6.45, 7) is 6.17. The molecule has 1 aromatic heterocycles. The van der Waals surface area contributed by atoms with Gasteiger partial charge in [0.2, 0.25) is 0 Å². The highest BCUT2D eigenvalue weighted by molar-refractivity contribution is 7.99. The SMILES string of the molecule is CN=C(NCCc1cnn(C)c1)NCC(C)(C)SC. The molecule has 0 unspecified atom stereocenters. The molecule has 0 aliphatic rings. The summed E-state index contributed by atoms with van der Waals surface area (Å²) in [7, 11) is 3.73. The lowest BCUT2D eigenvalue weighted by molar-refractivity contribution is 0.664. The van der Waals surface area contributed by atoms with Crippen molar-refractivity contribution < 1.29 is 0 Å². The second-order valence-corrected chi connectivity index (χ2v) is 6.60. The molecule has 0 bridgehead atoms. The predicted molar refractivity (Wildman–Crippen MR) is 83.9 cm³/mol. The summed E-state index contributed by atoms with van der Waals surface area (Å²) < 4.78 is 2.03. The number of thioether (sulfide) groups is 1. The van der Waals surface area contributed by atoms with Crippen LogP contribution in [0.1, 0.15) is 19.4 Å². The summed E-state index contributed by atoms with van der Waals surface area (Å²) in [5.41, 5.74) is 1.23. The summed E-state index contributed by atoms with van der Waals surface area (Å²) in [6.07, 6.45) is 7.00. The lowest BCUT2D eigenvalue weighted by Gasteiger charge is -2.23. The zero-order valence-electron chi connectivity index (χ0n) is 12.5. The number of nitrogens with one attached hydrogen (secondary N) is 2. The highest BCUT2D eigenvalue weighted by Crippen LogP contribution is 2.19. The van der Waals surface area contributed by atoms with Gasteiger partial charge in [0.05, 0.1) is 6.20 Å². The van der Waals surface area contributed by atoms with Crippen LogP contribution in [0.5, 0.6) is 0 Å². The standard InChI is InChI=1S/C13H25N5S/c1-13(2,19-5)10-16-12(14-3)15-7-6-11-8-17-18(4)9-11/h8-9H,6-7,10H2,1-5H3,(H2,14,15,16). The van der Waals surface area contributed by atoms with Gasteiger partial charge in [0.15, 0.2) is 5.96 Å². The molecule has 0 fully saturated rings. The van der Waals surface area contributed by atoms with Crippen molar-refractivity contribution in [2.45, 2.75) is 25.0 Å². The Kier molecular flexibility index (Phi) is 6.21. The van der Waals surface area contributed by atoms with Crippen molar-refractivity contribution in [1.29, 1.82) is 0 Å². The lowest BCUT2D eigenvalue weighted by atomic mass is 10.2. The van der Waals surface area contributed by atoms with E-state index in [1.165, 1.54) is 5.56 Å². The second-order valence-electron chi connectivity index (χ2n) is 5.09. The van der Waals surface area contributed by atoms with E-state index >= 15 is 0 Å². The van der Waals surface area contributed by atoms with E-state index in [2.05, 4.69) is 40.8 Å². The molecule has 1 rings (SSSR count). The number of aromatic nitrogens is 2. The van der Waals surface area contributed by atoms with Crippen molar-refractivity contribution in [2.24, 2.45) is 12.0 Å². The first kappa shape index (κ1) is 15.9. The van der Waals surface area contributed by atoms with Crippen LogP contribution in [0.25, 0.3) is 0 Å². The van der Waals surface area contributed by atoms with Crippen LogP contribution in [0, 0.1) is 0 Å². The van der Waals surface area contributed by atoms with Crippen LogP contribution in [0.15, 0.2) is 17.4 Å². The molecule has 2 N–H and O–H groups in total.